The predicted molar refractivity (Wildman–Crippen MR) is 111 cm³/mol. The standard InChI is InChI=1S/C21H26BrN3O/c1-16-5-3-8-20(17(16)2)24-11-13-25(14-12-24)21(26)23-10-9-18-6-4-7-19(22)15-18/h3-8,15H,9-14H2,1-2H3,(H,23,26). The number of carbonyl (C=O) groups excluding carboxylic acids is 1. The summed E-state index contributed by atoms with van der Waals surface area (Å²) in [5.41, 5.74) is 5.16. The van der Waals surface area contributed by atoms with Crippen LogP contribution < -0.4 is 10.2 Å². The average molecular weight is 416 g/mol. The molecule has 3 rings (SSSR count). The summed E-state index contributed by atoms with van der Waals surface area (Å²) in [7, 11) is 0. The van der Waals surface area contributed by atoms with Gasteiger partial charge in [0.15, 0.2) is 0 Å². The van der Waals surface area contributed by atoms with Crippen LogP contribution in [0.15, 0.2) is 46.9 Å². The SMILES string of the molecule is Cc1cccc(N2CCN(C(=O)NCCc3cccc(Br)c3)CC2)c1C. The molecule has 1 aliphatic rings. The molecule has 0 unspecified atom stereocenters. The fraction of sp³-hybridized carbons (Fsp3) is 0.381. The molecule has 0 atom stereocenters. The van der Waals surface area contributed by atoms with Crippen molar-refractivity contribution in [2.75, 3.05) is 37.6 Å². The van der Waals surface area contributed by atoms with E-state index in [1.165, 1.54) is 22.4 Å². The number of hydrogen-bond donors (Lipinski definition) is 1. The molecule has 1 fully saturated rings. The summed E-state index contributed by atoms with van der Waals surface area (Å²) < 4.78 is 1.07. The molecule has 2 aromatic rings. The van der Waals surface area contributed by atoms with Crippen LogP contribution in [0.2, 0.25) is 0 Å². The highest BCUT2D eigenvalue weighted by Gasteiger charge is 2.22. The summed E-state index contributed by atoms with van der Waals surface area (Å²) in [5.74, 6) is 0. The summed E-state index contributed by atoms with van der Waals surface area (Å²) in [4.78, 5) is 16.7. The first-order chi connectivity index (χ1) is 12.5. The fourth-order valence-corrected chi connectivity index (χ4v) is 3.79. The Morgan fingerprint density at radius 3 is 2.54 bits per heavy atom. The van der Waals surface area contributed by atoms with Crippen molar-refractivity contribution in [3.63, 3.8) is 0 Å². The molecule has 0 spiro atoms. The van der Waals surface area contributed by atoms with E-state index in [1.807, 2.05) is 17.0 Å². The highest BCUT2D eigenvalue weighted by atomic mass is 79.9. The molecule has 0 radical (unpaired) electrons. The van der Waals surface area contributed by atoms with Crippen molar-refractivity contribution >= 4 is 27.6 Å². The number of nitrogens with one attached hydrogen (secondary N) is 1. The van der Waals surface area contributed by atoms with Crippen LogP contribution in [-0.4, -0.2) is 43.7 Å². The number of hydrogen-bond acceptors (Lipinski definition) is 2. The molecule has 0 saturated carbocycles. The van der Waals surface area contributed by atoms with Crippen molar-refractivity contribution in [2.45, 2.75) is 20.3 Å². The minimum absolute atomic E-state index is 0.0422. The number of carbonyl (C=O) groups is 1. The number of benzene rings is 2. The van der Waals surface area contributed by atoms with E-state index in [4.69, 9.17) is 0 Å². The Labute approximate surface area is 164 Å². The Balaban J connectivity index is 1.47. The van der Waals surface area contributed by atoms with Crippen LogP contribution in [0.3, 0.4) is 0 Å². The summed E-state index contributed by atoms with van der Waals surface area (Å²) in [5, 5.41) is 3.05. The lowest BCUT2D eigenvalue weighted by molar-refractivity contribution is 0.194. The van der Waals surface area contributed by atoms with Gasteiger partial charge in [-0.15, -0.1) is 0 Å². The molecule has 138 valence electrons. The molecule has 0 aromatic heterocycles. The van der Waals surface area contributed by atoms with E-state index in [0.717, 1.165) is 37.1 Å². The van der Waals surface area contributed by atoms with Crippen molar-refractivity contribution in [1.29, 1.82) is 0 Å². The van der Waals surface area contributed by atoms with Gasteiger partial charge in [-0.05, 0) is 55.2 Å². The monoisotopic (exact) mass is 415 g/mol. The second-order valence-electron chi connectivity index (χ2n) is 6.80. The normalized spacial score (nSPS) is 14.4. The van der Waals surface area contributed by atoms with Crippen molar-refractivity contribution in [3.8, 4) is 0 Å². The molecule has 26 heavy (non-hydrogen) atoms. The van der Waals surface area contributed by atoms with Crippen LogP contribution in [0.4, 0.5) is 10.5 Å². The Morgan fingerprint density at radius 1 is 1.08 bits per heavy atom. The molecule has 4 nitrogen and oxygen atoms in total. The van der Waals surface area contributed by atoms with Crippen molar-refractivity contribution in [3.05, 3.63) is 63.6 Å². The van der Waals surface area contributed by atoms with Crippen LogP contribution in [-0.2, 0) is 6.42 Å². The topological polar surface area (TPSA) is 35.6 Å². The molecular formula is C21H26BrN3O. The maximum Gasteiger partial charge on any atom is 0.317 e. The zero-order chi connectivity index (χ0) is 18.5. The third kappa shape index (κ3) is 4.58. The maximum atomic E-state index is 12.4. The number of piperazine rings is 1. The van der Waals surface area contributed by atoms with Crippen LogP contribution >= 0.6 is 15.9 Å². The number of halogens is 1. The van der Waals surface area contributed by atoms with Crippen LogP contribution in [0.5, 0.6) is 0 Å². The van der Waals surface area contributed by atoms with Gasteiger partial charge in [0.2, 0.25) is 0 Å². The van der Waals surface area contributed by atoms with E-state index in [-0.39, 0.29) is 6.03 Å². The third-order valence-corrected chi connectivity index (χ3v) is 5.56. The molecule has 0 aliphatic carbocycles. The first kappa shape index (κ1) is 18.8. The number of nitrogens with zero attached hydrogens (tertiary/aromatic N) is 2. The largest absolute Gasteiger partial charge is 0.368 e. The van der Waals surface area contributed by atoms with Crippen LogP contribution in [0.25, 0.3) is 0 Å². The Bertz CT molecular complexity index is 770. The third-order valence-electron chi connectivity index (χ3n) is 5.06. The Hall–Kier alpha value is -2.01. The zero-order valence-electron chi connectivity index (χ0n) is 15.5. The smallest absolute Gasteiger partial charge is 0.317 e. The number of aryl methyl sites for hydroxylation is 1. The first-order valence-corrected chi connectivity index (χ1v) is 9.92. The minimum atomic E-state index is 0.0422. The van der Waals surface area contributed by atoms with Gasteiger partial charge < -0.3 is 15.1 Å². The molecular weight excluding hydrogens is 390 g/mol. The second kappa shape index (κ2) is 8.58. The van der Waals surface area contributed by atoms with E-state index in [9.17, 15) is 4.79 Å². The number of rotatable bonds is 4. The van der Waals surface area contributed by atoms with E-state index >= 15 is 0 Å². The van der Waals surface area contributed by atoms with Gasteiger partial charge in [-0.25, -0.2) is 4.79 Å². The lowest BCUT2D eigenvalue weighted by atomic mass is 10.1. The van der Waals surface area contributed by atoms with E-state index in [0.29, 0.717) is 6.54 Å². The van der Waals surface area contributed by atoms with E-state index in [2.05, 4.69) is 70.3 Å². The lowest BCUT2D eigenvalue weighted by Crippen LogP contribution is -2.52. The Kier molecular flexibility index (Phi) is 6.20. The number of urea groups is 1. The number of amides is 2. The summed E-state index contributed by atoms with van der Waals surface area (Å²) in [6, 6.07) is 14.7. The van der Waals surface area contributed by atoms with Crippen molar-refractivity contribution < 1.29 is 4.79 Å². The van der Waals surface area contributed by atoms with Crippen molar-refractivity contribution in [1.82, 2.24) is 10.2 Å². The van der Waals surface area contributed by atoms with Gasteiger partial charge in [0.1, 0.15) is 0 Å². The maximum absolute atomic E-state index is 12.4. The zero-order valence-corrected chi connectivity index (χ0v) is 17.1. The van der Waals surface area contributed by atoms with E-state index < -0.39 is 0 Å². The molecule has 0 bridgehead atoms. The molecule has 1 aliphatic heterocycles. The lowest BCUT2D eigenvalue weighted by Gasteiger charge is -2.37. The molecule has 1 N–H and O–H groups in total. The van der Waals surface area contributed by atoms with Crippen molar-refractivity contribution in [2.24, 2.45) is 0 Å². The van der Waals surface area contributed by atoms with Gasteiger partial charge in [-0.2, -0.15) is 0 Å². The van der Waals surface area contributed by atoms with Gasteiger partial charge in [-0.1, -0.05) is 40.2 Å². The summed E-state index contributed by atoms with van der Waals surface area (Å²) >= 11 is 3.48. The molecule has 2 amide bonds. The fourth-order valence-electron chi connectivity index (χ4n) is 3.35. The number of anilines is 1. The average Bonchev–Trinajstić information content (AvgIpc) is 2.64. The van der Waals surface area contributed by atoms with Gasteiger partial charge in [-0.3, -0.25) is 0 Å². The predicted octanol–water partition coefficient (Wildman–Crippen LogP) is 4.14. The summed E-state index contributed by atoms with van der Waals surface area (Å²) in [6.45, 7) is 8.25. The van der Waals surface area contributed by atoms with Gasteiger partial charge >= 0.3 is 6.03 Å². The highest BCUT2D eigenvalue weighted by Crippen LogP contribution is 2.23. The van der Waals surface area contributed by atoms with Gasteiger partial charge in [0, 0.05) is 42.9 Å². The van der Waals surface area contributed by atoms with Crippen LogP contribution in [0, 0.1) is 13.8 Å². The molecule has 5 heteroatoms. The quantitative estimate of drug-likeness (QED) is 0.813. The van der Waals surface area contributed by atoms with Gasteiger partial charge in [0.25, 0.3) is 0 Å². The minimum Gasteiger partial charge on any atom is -0.368 e. The molecule has 2 aromatic carbocycles. The Morgan fingerprint density at radius 2 is 1.81 bits per heavy atom. The highest BCUT2D eigenvalue weighted by molar-refractivity contribution is 9.10. The second-order valence-corrected chi connectivity index (χ2v) is 7.72. The molecule has 1 saturated heterocycles. The van der Waals surface area contributed by atoms with Gasteiger partial charge in [0.05, 0.1) is 0 Å². The first-order valence-electron chi connectivity index (χ1n) is 9.13. The van der Waals surface area contributed by atoms with E-state index in [1.54, 1.807) is 0 Å². The summed E-state index contributed by atoms with van der Waals surface area (Å²) in [6.07, 6.45) is 0.841. The molecule has 1 heterocycles. The van der Waals surface area contributed by atoms with Crippen LogP contribution in [0.1, 0.15) is 16.7 Å².